The minimum Gasteiger partial charge on any atom is -0.481 e. The Bertz CT molecular complexity index is 759. The van der Waals surface area contributed by atoms with E-state index < -0.39 is 23.8 Å². The van der Waals surface area contributed by atoms with Crippen LogP contribution in [0.25, 0.3) is 10.7 Å². The van der Waals surface area contributed by atoms with Crippen molar-refractivity contribution in [2.75, 3.05) is 19.8 Å². The first-order valence-electron chi connectivity index (χ1n) is 7.63. The second-order valence-electron chi connectivity index (χ2n) is 5.84. The number of carboxylic acid groups (broad SMARTS) is 1. The van der Waals surface area contributed by atoms with Crippen molar-refractivity contribution in [1.29, 1.82) is 0 Å². The lowest BCUT2D eigenvalue weighted by Gasteiger charge is -2.33. The van der Waals surface area contributed by atoms with Gasteiger partial charge in [-0.2, -0.15) is 4.98 Å². The quantitative estimate of drug-likeness (QED) is 0.889. The highest BCUT2D eigenvalue weighted by atomic mass is 32.1. The van der Waals surface area contributed by atoms with Gasteiger partial charge in [-0.1, -0.05) is 11.2 Å². The van der Waals surface area contributed by atoms with Crippen LogP contribution >= 0.6 is 11.3 Å². The van der Waals surface area contributed by atoms with Crippen LogP contribution in [-0.4, -0.2) is 51.8 Å². The highest BCUT2D eigenvalue weighted by Crippen LogP contribution is 2.42. The molecule has 9 heteroatoms. The molecule has 2 aromatic heterocycles. The zero-order chi connectivity index (χ0) is 16.7. The van der Waals surface area contributed by atoms with E-state index in [2.05, 4.69) is 10.1 Å². The van der Waals surface area contributed by atoms with Gasteiger partial charge >= 0.3 is 5.97 Å². The van der Waals surface area contributed by atoms with Crippen molar-refractivity contribution in [3.8, 4) is 10.7 Å². The predicted molar refractivity (Wildman–Crippen MR) is 82.1 cm³/mol. The molecule has 1 N–H and O–H groups in total. The lowest BCUT2D eigenvalue weighted by atomic mass is 10.2. The first-order chi connectivity index (χ1) is 11.6. The molecule has 1 saturated heterocycles. The summed E-state index contributed by atoms with van der Waals surface area (Å²) in [5, 5.41) is 14.9. The smallest absolute Gasteiger partial charge is 0.307 e. The number of ether oxygens (including phenoxy) is 1. The molecule has 3 atom stereocenters. The number of aromatic nitrogens is 2. The lowest BCUT2D eigenvalue weighted by Crippen LogP contribution is -2.44. The molecule has 1 amide bonds. The fraction of sp³-hybridized carbons (Fsp3) is 0.467. The predicted octanol–water partition coefficient (Wildman–Crippen LogP) is 1.42. The highest BCUT2D eigenvalue weighted by Gasteiger charge is 2.51. The van der Waals surface area contributed by atoms with Crippen LogP contribution in [0.3, 0.4) is 0 Å². The Kier molecular flexibility index (Phi) is 3.81. The minimum absolute atomic E-state index is 0.174. The average Bonchev–Trinajstić information content (AvgIpc) is 2.99. The van der Waals surface area contributed by atoms with Crippen molar-refractivity contribution in [2.24, 2.45) is 11.8 Å². The van der Waals surface area contributed by atoms with Crippen LogP contribution in [0.2, 0.25) is 0 Å². The number of carboxylic acids is 1. The monoisotopic (exact) mass is 349 g/mol. The zero-order valence-electron chi connectivity index (χ0n) is 12.6. The maximum Gasteiger partial charge on any atom is 0.307 e. The number of nitrogens with zero attached hydrogens (tertiary/aromatic N) is 3. The summed E-state index contributed by atoms with van der Waals surface area (Å²) in [6, 6.07) is 3.32. The van der Waals surface area contributed by atoms with E-state index in [1.54, 1.807) is 4.90 Å². The molecule has 0 bridgehead atoms. The van der Waals surface area contributed by atoms with E-state index in [4.69, 9.17) is 14.4 Å². The standard InChI is InChI=1S/C15H15N3O5S/c19-14(8-6-9(8)15(20)21)18-3-4-22-7-10(18)13-16-12(17-23-13)11-2-1-5-24-11/h1-2,5,8-10H,3-4,6-7H2,(H,20,21)/t8-,9-,10?/m1/s1. The van der Waals surface area contributed by atoms with Gasteiger partial charge in [0, 0.05) is 6.54 Å². The van der Waals surface area contributed by atoms with Crippen LogP contribution in [0.4, 0.5) is 0 Å². The fourth-order valence-corrected chi connectivity index (χ4v) is 3.55. The maximum atomic E-state index is 12.6. The van der Waals surface area contributed by atoms with E-state index in [9.17, 15) is 9.59 Å². The first-order valence-corrected chi connectivity index (χ1v) is 8.51. The Hall–Kier alpha value is -2.26. The molecule has 126 valence electrons. The molecule has 24 heavy (non-hydrogen) atoms. The molecule has 2 fully saturated rings. The number of thiophene rings is 1. The van der Waals surface area contributed by atoms with Crippen molar-refractivity contribution in [3.63, 3.8) is 0 Å². The Labute approximate surface area is 141 Å². The van der Waals surface area contributed by atoms with Crippen LogP contribution in [0, 0.1) is 11.8 Å². The average molecular weight is 349 g/mol. The van der Waals surface area contributed by atoms with E-state index in [0.717, 1.165) is 4.88 Å². The van der Waals surface area contributed by atoms with Crippen molar-refractivity contribution >= 4 is 23.2 Å². The SMILES string of the molecule is O=C(O)[C@@H]1C[C@H]1C(=O)N1CCOCC1c1nc(-c2cccs2)no1. The topological polar surface area (TPSA) is 106 Å². The number of hydrogen-bond acceptors (Lipinski definition) is 7. The summed E-state index contributed by atoms with van der Waals surface area (Å²) in [4.78, 5) is 30.5. The number of hydrogen-bond donors (Lipinski definition) is 1. The number of rotatable bonds is 4. The van der Waals surface area contributed by atoms with Gasteiger partial charge in [-0.25, -0.2) is 0 Å². The Morgan fingerprint density at radius 3 is 2.96 bits per heavy atom. The van der Waals surface area contributed by atoms with Crippen molar-refractivity contribution in [2.45, 2.75) is 12.5 Å². The third-order valence-corrected chi connectivity index (χ3v) is 5.17. The summed E-state index contributed by atoms with van der Waals surface area (Å²) in [6.07, 6.45) is 0.391. The summed E-state index contributed by atoms with van der Waals surface area (Å²) in [5.41, 5.74) is 0. The summed E-state index contributed by atoms with van der Waals surface area (Å²) < 4.78 is 10.8. The molecule has 0 aromatic carbocycles. The van der Waals surface area contributed by atoms with Gasteiger partial charge in [-0.3, -0.25) is 9.59 Å². The molecule has 0 spiro atoms. The molecule has 1 unspecified atom stereocenters. The van der Waals surface area contributed by atoms with E-state index in [-0.39, 0.29) is 12.5 Å². The second kappa shape index (κ2) is 5.99. The van der Waals surface area contributed by atoms with Gasteiger partial charge in [-0.15, -0.1) is 11.3 Å². The summed E-state index contributed by atoms with van der Waals surface area (Å²) in [5.74, 6) is -1.33. The molecule has 0 radical (unpaired) electrons. The van der Waals surface area contributed by atoms with Crippen LogP contribution in [0.5, 0.6) is 0 Å². The van der Waals surface area contributed by atoms with Gasteiger partial charge in [0.25, 0.3) is 5.89 Å². The van der Waals surface area contributed by atoms with Crippen LogP contribution < -0.4 is 0 Å². The van der Waals surface area contributed by atoms with Gasteiger partial charge in [0.2, 0.25) is 11.7 Å². The molecule has 2 aromatic rings. The Morgan fingerprint density at radius 1 is 1.38 bits per heavy atom. The molecule has 3 heterocycles. The van der Waals surface area contributed by atoms with Crippen molar-refractivity contribution in [1.82, 2.24) is 15.0 Å². The summed E-state index contributed by atoms with van der Waals surface area (Å²) in [6.45, 7) is 1.07. The molecular weight excluding hydrogens is 334 g/mol. The largest absolute Gasteiger partial charge is 0.481 e. The zero-order valence-corrected chi connectivity index (χ0v) is 13.4. The molecule has 2 aliphatic rings. The second-order valence-corrected chi connectivity index (χ2v) is 6.79. The van der Waals surface area contributed by atoms with Gasteiger partial charge in [0.15, 0.2) is 0 Å². The molecule has 8 nitrogen and oxygen atoms in total. The van der Waals surface area contributed by atoms with Gasteiger partial charge in [0.05, 0.1) is 29.9 Å². The van der Waals surface area contributed by atoms with E-state index in [1.165, 1.54) is 11.3 Å². The van der Waals surface area contributed by atoms with Crippen molar-refractivity contribution in [3.05, 3.63) is 23.4 Å². The molecule has 1 saturated carbocycles. The first kappa shape index (κ1) is 15.3. The molecule has 1 aliphatic heterocycles. The Morgan fingerprint density at radius 2 is 2.25 bits per heavy atom. The number of morpholine rings is 1. The normalized spacial score (nSPS) is 26.3. The third kappa shape index (κ3) is 2.69. The molecular formula is C15H15N3O5S. The van der Waals surface area contributed by atoms with Crippen LogP contribution in [-0.2, 0) is 14.3 Å². The van der Waals surface area contributed by atoms with E-state index >= 15 is 0 Å². The van der Waals surface area contributed by atoms with Crippen LogP contribution in [0.1, 0.15) is 18.4 Å². The lowest BCUT2D eigenvalue weighted by molar-refractivity contribution is -0.146. The van der Waals surface area contributed by atoms with E-state index in [1.807, 2.05) is 17.5 Å². The van der Waals surface area contributed by atoms with Crippen molar-refractivity contribution < 1.29 is 24.0 Å². The maximum absolute atomic E-state index is 12.6. The van der Waals surface area contributed by atoms with Gasteiger partial charge < -0.3 is 19.3 Å². The highest BCUT2D eigenvalue weighted by molar-refractivity contribution is 7.13. The number of amides is 1. The van der Waals surface area contributed by atoms with Gasteiger partial charge in [0.1, 0.15) is 6.04 Å². The van der Waals surface area contributed by atoms with Crippen LogP contribution in [0.15, 0.2) is 22.0 Å². The fourth-order valence-electron chi connectivity index (χ4n) is 2.90. The van der Waals surface area contributed by atoms with E-state index in [0.29, 0.717) is 31.3 Å². The summed E-state index contributed by atoms with van der Waals surface area (Å²) in [7, 11) is 0. The number of carbonyl (C=O) groups is 2. The van der Waals surface area contributed by atoms with Gasteiger partial charge in [-0.05, 0) is 17.9 Å². The molecule has 1 aliphatic carbocycles. The third-order valence-electron chi connectivity index (χ3n) is 4.30. The molecule has 4 rings (SSSR count). The number of aliphatic carboxylic acids is 1. The number of carbonyl (C=O) groups excluding carboxylic acids is 1. The summed E-state index contributed by atoms with van der Waals surface area (Å²) >= 11 is 1.50. The minimum atomic E-state index is -0.920. The Balaban J connectivity index is 1.54.